The first kappa shape index (κ1) is 8.38. The Kier molecular flexibility index (Phi) is 2.67. The molecule has 13 heavy (non-hydrogen) atoms. The van der Waals surface area contributed by atoms with Gasteiger partial charge in [-0.2, -0.15) is 0 Å². The minimum atomic E-state index is 1.03. The highest BCUT2D eigenvalue weighted by Gasteiger charge is 2.03. The summed E-state index contributed by atoms with van der Waals surface area (Å²) in [5.74, 6) is 0. The van der Waals surface area contributed by atoms with Crippen molar-refractivity contribution in [2.24, 2.45) is 0 Å². The SMILES string of the molecule is C1=CNN(CCCc2cc[nH]c2)C1. The van der Waals surface area contributed by atoms with Gasteiger partial charge in [0.2, 0.25) is 0 Å². The Labute approximate surface area is 78.4 Å². The van der Waals surface area contributed by atoms with Crippen LogP contribution in [0.1, 0.15) is 12.0 Å². The van der Waals surface area contributed by atoms with Gasteiger partial charge in [0.1, 0.15) is 0 Å². The van der Waals surface area contributed by atoms with Gasteiger partial charge in [0.05, 0.1) is 0 Å². The lowest BCUT2D eigenvalue weighted by Crippen LogP contribution is -2.30. The van der Waals surface area contributed by atoms with E-state index >= 15 is 0 Å². The highest BCUT2D eigenvalue weighted by Crippen LogP contribution is 2.02. The molecule has 1 aliphatic rings. The molecular weight excluding hydrogens is 162 g/mol. The van der Waals surface area contributed by atoms with Crippen LogP contribution in [-0.4, -0.2) is 23.1 Å². The number of nitrogens with one attached hydrogen (secondary N) is 2. The van der Waals surface area contributed by atoms with Crippen molar-refractivity contribution < 1.29 is 0 Å². The molecule has 0 bridgehead atoms. The summed E-state index contributed by atoms with van der Waals surface area (Å²) >= 11 is 0. The third-order valence-electron chi connectivity index (χ3n) is 2.26. The Morgan fingerprint density at radius 3 is 3.15 bits per heavy atom. The first-order valence-electron chi connectivity index (χ1n) is 4.73. The van der Waals surface area contributed by atoms with Gasteiger partial charge in [-0.05, 0) is 24.5 Å². The molecule has 0 saturated heterocycles. The maximum absolute atomic E-state index is 3.18. The molecule has 0 radical (unpaired) electrons. The number of hydrogen-bond donors (Lipinski definition) is 2. The first-order chi connectivity index (χ1) is 6.45. The van der Waals surface area contributed by atoms with E-state index in [0.717, 1.165) is 19.5 Å². The second-order valence-corrected chi connectivity index (χ2v) is 3.30. The molecule has 0 fully saturated rings. The zero-order valence-corrected chi connectivity index (χ0v) is 7.66. The van der Waals surface area contributed by atoms with Crippen molar-refractivity contribution in [2.45, 2.75) is 12.8 Å². The quantitative estimate of drug-likeness (QED) is 0.726. The van der Waals surface area contributed by atoms with Crippen LogP contribution in [0, 0.1) is 0 Å². The predicted octanol–water partition coefficient (Wildman–Crippen LogP) is 1.28. The molecular formula is C10H15N3. The molecule has 0 unspecified atom stereocenters. The van der Waals surface area contributed by atoms with E-state index in [2.05, 4.69) is 33.8 Å². The van der Waals surface area contributed by atoms with Crippen LogP contribution < -0.4 is 5.43 Å². The van der Waals surface area contributed by atoms with Crippen molar-refractivity contribution in [3.8, 4) is 0 Å². The number of nitrogens with zero attached hydrogens (tertiary/aromatic N) is 1. The lowest BCUT2D eigenvalue weighted by Gasteiger charge is -2.14. The van der Waals surface area contributed by atoms with E-state index in [1.807, 2.05) is 12.4 Å². The molecule has 1 aliphatic heterocycles. The fourth-order valence-corrected chi connectivity index (χ4v) is 1.53. The lowest BCUT2D eigenvalue weighted by atomic mass is 10.2. The molecule has 2 N–H and O–H groups in total. The number of H-pyrrole nitrogens is 1. The van der Waals surface area contributed by atoms with Gasteiger partial charge in [0, 0.05) is 31.7 Å². The van der Waals surface area contributed by atoms with Gasteiger partial charge in [0.25, 0.3) is 0 Å². The van der Waals surface area contributed by atoms with Gasteiger partial charge in [-0.15, -0.1) is 0 Å². The fourth-order valence-electron chi connectivity index (χ4n) is 1.53. The molecule has 0 atom stereocenters. The Balaban J connectivity index is 1.64. The first-order valence-corrected chi connectivity index (χ1v) is 4.73. The van der Waals surface area contributed by atoms with Gasteiger partial charge in [-0.25, -0.2) is 5.01 Å². The number of hydrazine groups is 1. The minimum Gasteiger partial charge on any atom is -0.367 e. The highest BCUT2D eigenvalue weighted by molar-refractivity contribution is 5.08. The summed E-state index contributed by atoms with van der Waals surface area (Å²) in [7, 11) is 0. The molecule has 70 valence electrons. The van der Waals surface area contributed by atoms with E-state index < -0.39 is 0 Å². The standard InChI is InChI=1S/C10H15N3/c1(3-10-4-6-11-9-10)7-13-8-2-5-12-13/h2,4-6,9,11-12H,1,3,7-8H2. The summed E-state index contributed by atoms with van der Waals surface area (Å²) in [6.07, 6.45) is 10.5. The van der Waals surface area contributed by atoms with E-state index in [1.54, 1.807) is 0 Å². The second kappa shape index (κ2) is 4.14. The zero-order chi connectivity index (χ0) is 8.93. The van der Waals surface area contributed by atoms with Crippen LogP contribution in [0.5, 0.6) is 0 Å². The molecule has 0 amide bonds. The Bertz CT molecular complexity index is 256. The van der Waals surface area contributed by atoms with Crippen LogP contribution in [0.25, 0.3) is 0 Å². The summed E-state index contributed by atoms with van der Waals surface area (Å²) in [6, 6.07) is 2.13. The number of aromatic amines is 1. The monoisotopic (exact) mass is 177 g/mol. The molecule has 3 heteroatoms. The normalized spacial score (nSPS) is 16.3. The summed E-state index contributed by atoms with van der Waals surface area (Å²) in [4.78, 5) is 3.07. The van der Waals surface area contributed by atoms with Gasteiger partial charge in [0.15, 0.2) is 0 Å². The largest absolute Gasteiger partial charge is 0.367 e. The predicted molar refractivity (Wildman–Crippen MR) is 53.0 cm³/mol. The smallest absolute Gasteiger partial charge is 0.0376 e. The number of rotatable bonds is 4. The van der Waals surface area contributed by atoms with E-state index in [9.17, 15) is 0 Å². The highest BCUT2D eigenvalue weighted by atomic mass is 15.5. The summed E-state index contributed by atoms with van der Waals surface area (Å²) in [5, 5.41) is 2.21. The molecule has 3 nitrogen and oxygen atoms in total. The number of aromatic nitrogens is 1. The van der Waals surface area contributed by atoms with Crippen LogP contribution in [0.3, 0.4) is 0 Å². The maximum Gasteiger partial charge on any atom is 0.0376 e. The minimum absolute atomic E-state index is 1.03. The van der Waals surface area contributed by atoms with Crippen molar-refractivity contribution in [1.29, 1.82) is 0 Å². The summed E-state index contributed by atoms with van der Waals surface area (Å²) < 4.78 is 0. The molecule has 0 spiro atoms. The average Bonchev–Trinajstić information content (AvgIpc) is 2.75. The second-order valence-electron chi connectivity index (χ2n) is 3.30. The molecule has 0 saturated carbocycles. The van der Waals surface area contributed by atoms with Gasteiger partial charge in [-0.1, -0.05) is 6.08 Å². The van der Waals surface area contributed by atoms with Crippen LogP contribution in [0.2, 0.25) is 0 Å². The molecule has 1 aromatic rings. The third kappa shape index (κ3) is 2.36. The Morgan fingerprint density at radius 2 is 2.46 bits per heavy atom. The molecule has 0 aromatic carbocycles. The number of aryl methyl sites for hydroxylation is 1. The van der Waals surface area contributed by atoms with Crippen molar-refractivity contribution >= 4 is 0 Å². The third-order valence-corrected chi connectivity index (χ3v) is 2.26. The van der Waals surface area contributed by atoms with Crippen LogP contribution in [0.15, 0.2) is 30.7 Å². The summed E-state index contributed by atoms with van der Waals surface area (Å²) in [6.45, 7) is 2.14. The van der Waals surface area contributed by atoms with E-state index in [-0.39, 0.29) is 0 Å². The van der Waals surface area contributed by atoms with Crippen molar-refractivity contribution in [2.75, 3.05) is 13.1 Å². The van der Waals surface area contributed by atoms with E-state index in [0.29, 0.717) is 0 Å². The van der Waals surface area contributed by atoms with Crippen molar-refractivity contribution in [3.05, 3.63) is 36.3 Å². The molecule has 0 aliphatic carbocycles. The lowest BCUT2D eigenvalue weighted by molar-refractivity contribution is 0.263. The summed E-state index contributed by atoms with van der Waals surface area (Å²) in [5.41, 5.74) is 4.58. The molecule has 1 aromatic heterocycles. The van der Waals surface area contributed by atoms with Crippen molar-refractivity contribution in [3.63, 3.8) is 0 Å². The van der Waals surface area contributed by atoms with Crippen LogP contribution in [-0.2, 0) is 6.42 Å². The van der Waals surface area contributed by atoms with Gasteiger partial charge in [-0.3, -0.25) is 0 Å². The average molecular weight is 177 g/mol. The van der Waals surface area contributed by atoms with E-state index in [1.165, 1.54) is 12.0 Å². The van der Waals surface area contributed by atoms with Gasteiger partial charge < -0.3 is 10.4 Å². The molecule has 2 heterocycles. The van der Waals surface area contributed by atoms with Gasteiger partial charge >= 0.3 is 0 Å². The van der Waals surface area contributed by atoms with Crippen LogP contribution >= 0.6 is 0 Å². The van der Waals surface area contributed by atoms with Crippen molar-refractivity contribution in [1.82, 2.24) is 15.4 Å². The maximum atomic E-state index is 3.18. The van der Waals surface area contributed by atoms with Crippen LogP contribution in [0.4, 0.5) is 0 Å². The number of hydrogen-bond acceptors (Lipinski definition) is 2. The zero-order valence-electron chi connectivity index (χ0n) is 7.66. The van der Waals surface area contributed by atoms with E-state index in [4.69, 9.17) is 0 Å². The fraction of sp³-hybridized carbons (Fsp3) is 0.400. The Hall–Kier alpha value is -1.22. The molecule has 2 rings (SSSR count). The topological polar surface area (TPSA) is 31.1 Å². The Morgan fingerprint density at radius 1 is 1.46 bits per heavy atom.